The van der Waals surface area contributed by atoms with Crippen molar-refractivity contribution in [1.82, 2.24) is 4.98 Å². The molecule has 1 N–H and O–H groups in total. The van der Waals surface area contributed by atoms with Crippen molar-refractivity contribution in [2.24, 2.45) is 0 Å². The zero-order chi connectivity index (χ0) is 19.9. The first kappa shape index (κ1) is 19.7. The Labute approximate surface area is 167 Å². The number of carbonyl (C=O) groups excluding carboxylic acids is 2. The van der Waals surface area contributed by atoms with Crippen LogP contribution in [0.25, 0.3) is 6.08 Å². The van der Waals surface area contributed by atoms with E-state index in [1.54, 1.807) is 36.4 Å². The summed E-state index contributed by atoms with van der Waals surface area (Å²) < 4.78 is 16.3. The Bertz CT molecular complexity index is 883. The molecule has 1 aromatic carbocycles. The van der Waals surface area contributed by atoms with Crippen LogP contribution >= 0.6 is 11.6 Å². The topological polar surface area (TPSA) is 86.8 Å². The zero-order valence-electron chi connectivity index (χ0n) is 15.2. The Hall–Kier alpha value is -3.06. The number of amides is 1. The van der Waals surface area contributed by atoms with Crippen LogP contribution in [0.3, 0.4) is 0 Å². The number of hydrogen-bond donors (Lipinski definition) is 1. The van der Waals surface area contributed by atoms with Gasteiger partial charge in [-0.2, -0.15) is 0 Å². The first-order valence-electron chi connectivity index (χ1n) is 8.72. The molecule has 1 aromatic heterocycles. The summed E-state index contributed by atoms with van der Waals surface area (Å²) in [5.74, 6) is 0.501. The lowest BCUT2D eigenvalue weighted by Gasteiger charge is -2.12. The summed E-state index contributed by atoms with van der Waals surface area (Å²) in [6.07, 6.45) is 4.08. The molecule has 1 aliphatic rings. The summed E-state index contributed by atoms with van der Waals surface area (Å²) in [5, 5.41) is 3.00. The van der Waals surface area contributed by atoms with Crippen LogP contribution in [0.15, 0.2) is 42.6 Å². The average molecular weight is 403 g/mol. The second-order valence-electron chi connectivity index (χ2n) is 6.02. The van der Waals surface area contributed by atoms with E-state index >= 15 is 0 Å². The van der Waals surface area contributed by atoms with Crippen LogP contribution in [-0.2, 0) is 14.3 Å². The predicted molar refractivity (Wildman–Crippen MR) is 105 cm³/mol. The van der Waals surface area contributed by atoms with E-state index in [9.17, 15) is 9.59 Å². The summed E-state index contributed by atoms with van der Waals surface area (Å²) in [6.45, 7) is 2.67. The van der Waals surface area contributed by atoms with E-state index in [2.05, 4.69) is 10.3 Å². The van der Waals surface area contributed by atoms with Crippen molar-refractivity contribution < 1.29 is 23.8 Å². The lowest BCUT2D eigenvalue weighted by molar-refractivity contribution is -0.148. The monoisotopic (exact) mass is 402 g/mol. The number of hydrogen-bond acceptors (Lipinski definition) is 6. The largest absolute Gasteiger partial charge is 0.490 e. The maximum atomic E-state index is 12.1. The number of aromatic nitrogens is 1. The number of nitrogens with zero attached hydrogens (tertiary/aromatic N) is 1. The normalized spacial score (nSPS) is 14.2. The van der Waals surface area contributed by atoms with Crippen molar-refractivity contribution >= 4 is 35.4 Å². The van der Waals surface area contributed by atoms with Gasteiger partial charge in [-0.25, -0.2) is 9.78 Å². The van der Waals surface area contributed by atoms with Gasteiger partial charge in [-0.3, -0.25) is 4.79 Å². The number of anilines is 1. The highest BCUT2D eigenvalue weighted by Crippen LogP contribution is 2.30. The molecule has 0 bridgehead atoms. The van der Waals surface area contributed by atoms with Gasteiger partial charge in [-0.05, 0) is 42.8 Å². The number of esters is 1. The van der Waals surface area contributed by atoms with Gasteiger partial charge in [-0.1, -0.05) is 17.7 Å². The molecule has 8 heteroatoms. The summed E-state index contributed by atoms with van der Waals surface area (Å²) in [4.78, 5) is 28.0. The minimum atomic E-state index is -0.988. The van der Waals surface area contributed by atoms with Crippen molar-refractivity contribution in [3.8, 4) is 11.5 Å². The highest BCUT2D eigenvalue weighted by molar-refractivity contribution is 6.30. The molecule has 1 aliphatic heterocycles. The molecule has 0 unspecified atom stereocenters. The Morgan fingerprint density at radius 2 is 2.00 bits per heavy atom. The Balaban J connectivity index is 1.54. The number of carbonyl (C=O) groups is 2. The molecule has 2 heterocycles. The third kappa shape index (κ3) is 5.47. The van der Waals surface area contributed by atoms with Gasteiger partial charge >= 0.3 is 5.97 Å². The van der Waals surface area contributed by atoms with E-state index in [0.717, 1.165) is 12.0 Å². The molecule has 28 heavy (non-hydrogen) atoms. The van der Waals surface area contributed by atoms with Crippen molar-refractivity contribution in [1.29, 1.82) is 0 Å². The van der Waals surface area contributed by atoms with Crippen molar-refractivity contribution in [3.63, 3.8) is 0 Å². The molecular weight excluding hydrogens is 384 g/mol. The highest BCUT2D eigenvalue weighted by atomic mass is 35.5. The van der Waals surface area contributed by atoms with Crippen LogP contribution in [0.4, 0.5) is 5.82 Å². The fourth-order valence-electron chi connectivity index (χ4n) is 2.39. The molecular formula is C20H19ClN2O5. The molecule has 146 valence electrons. The predicted octanol–water partition coefficient (Wildman–Crippen LogP) is 3.48. The van der Waals surface area contributed by atoms with E-state index in [1.807, 2.05) is 0 Å². The van der Waals surface area contributed by atoms with Crippen LogP contribution in [0.5, 0.6) is 11.5 Å². The van der Waals surface area contributed by atoms with Gasteiger partial charge < -0.3 is 19.5 Å². The first-order valence-corrected chi connectivity index (χ1v) is 9.10. The minimum absolute atomic E-state index is 0.319. The summed E-state index contributed by atoms with van der Waals surface area (Å²) in [5.41, 5.74) is 0.753. The Morgan fingerprint density at radius 3 is 2.75 bits per heavy atom. The minimum Gasteiger partial charge on any atom is -0.490 e. The van der Waals surface area contributed by atoms with Gasteiger partial charge in [0.05, 0.1) is 18.2 Å². The molecule has 0 radical (unpaired) electrons. The van der Waals surface area contributed by atoms with Gasteiger partial charge in [0, 0.05) is 18.7 Å². The fraction of sp³-hybridized carbons (Fsp3) is 0.250. The number of nitrogens with one attached hydrogen (secondary N) is 1. The van der Waals surface area contributed by atoms with Crippen LogP contribution in [0, 0.1) is 0 Å². The number of ether oxygens (including phenoxy) is 3. The lowest BCUT2D eigenvalue weighted by atomic mass is 10.2. The van der Waals surface area contributed by atoms with Gasteiger partial charge in [0.2, 0.25) is 0 Å². The third-order valence-corrected chi connectivity index (χ3v) is 4.05. The fourth-order valence-corrected chi connectivity index (χ4v) is 2.50. The Kier molecular flexibility index (Phi) is 6.49. The molecule has 0 saturated heterocycles. The van der Waals surface area contributed by atoms with Crippen LogP contribution < -0.4 is 14.8 Å². The van der Waals surface area contributed by atoms with Crippen molar-refractivity contribution in [2.45, 2.75) is 19.4 Å². The second kappa shape index (κ2) is 9.23. The maximum absolute atomic E-state index is 12.1. The second-order valence-corrected chi connectivity index (χ2v) is 6.46. The number of halogens is 1. The van der Waals surface area contributed by atoms with Crippen LogP contribution in [0.1, 0.15) is 18.9 Å². The molecule has 0 fully saturated rings. The van der Waals surface area contributed by atoms with Crippen molar-refractivity contribution in [3.05, 3.63) is 53.2 Å². The zero-order valence-corrected chi connectivity index (χ0v) is 15.9. The summed E-state index contributed by atoms with van der Waals surface area (Å²) in [6, 6.07) is 8.53. The van der Waals surface area contributed by atoms with Gasteiger partial charge in [0.1, 0.15) is 5.82 Å². The molecule has 2 aromatic rings. The van der Waals surface area contributed by atoms with E-state index < -0.39 is 18.0 Å². The van der Waals surface area contributed by atoms with E-state index in [4.69, 9.17) is 25.8 Å². The highest BCUT2D eigenvalue weighted by Gasteiger charge is 2.17. The number of benzene rings is 1. The number of pyridine rings is 1. The van der Waals surface area contributed by atoms with Crippen molar-refractivity contribution in [2.75, 3.05) is 18.5 Å². The Morgan fingerprint density at radius 1 is 1.21 bits per heavy atom. The van der Waals surface area contributed by atoms with E-state index in [0.29, 0.717) is 35.6 Å². The smallest absolute Gasteiger partial charge is 0.331 e. The molecule has 0 aliphatic carbocycles. The van der Waals surface area contributed by atoms with Crippen LogP contribution in [-0.4, -0.2) is 36.2 Å². The first-order chi connectivity index (χ1) is 13.5. The third-order valence-electron chi connectivity index (χ3n) is 3.82. The molecule has 0 spiro atoms. The summed E-state index contributed by atoms with van der Waals surface area (Å²) in [7, 11) is 0. The molecule has 0 saturated carbocycles. The number of rotatable bonds is 5. The molecule has 7 nitrogen and oxygen atoms in total. The van der Waals surface area contributed by atoms with Gasteiger partial charge in [0.25, 0.3) is 5.91 Å². The lowest BCUT2D eigenvalue weighted by Crippen LogP contribution is -2.29. The summed E-state index contributed by atoms with van der Waals surface area (Å²) >= 11 is 5.75. The maximum Gasteiger partial charge on any atom is 0.331 e. The molecule has 1 amide bonds. The average Bonchev–Trinajstić information content (AvgIpc) is 2.93. The van der Waals surface area contributed by atoms with Gasteiger partial charge in [0.15, 0.2) is 17.6 Å². The quantitative estimate of drug-likeness (QED) is 0.608. The number of fused-ring (bicyclic) bond motifs is 1. The van der Waals surface area contributed by atoms with Gasteiger partial charge in [-0.15, -0.1) is 0 Å². The van der Waals surface area contributed by atoms with E-state index in [1.165, 1.54) is 19.2 Å². The molecule has 1 atom stereocenters. The molecule has 3 rings (SSSR count). The standard InChI is InChI=1S/C20H19ClN2O5/c1-13(20(25)23-18-7-5-15(21)12-22-18)28-19(24)8-4-14-3-6-16-17(11-14)27-10-2-9-26-16/h3-8,11-13H,2,9-10H2,1H3,(H,22,23,25)/b8-4+/t13-/m1/s1. The van der Waals surface area contributed by atoms with E-state index in [-0.39, 0.29) is 0 Å². The van der Waals surface area contributed by atoms with Crippen LogP contribution in [0.2, 0.25) is 5.02 Å². The SMILES string of the molecule is C[C@@H](OC(=O)/C=C/c1ccc2c(c1)OCCCO2)C(=O)Nc1ccc(Cl)cn1.